The number of nitrogens with zero attached hydrogens (tertiary/aromatic N) is 5. The van der Waals surface area contributed by atoms with Crippen LogP contribution in [0, 0.1) is 6.92 Å². The molecular formula is C21H19F3N6O. The van der Waals surface area contributed by atoms with Gasteiger partial charge in [-0.1, -0.05) is 0 Å². The first-order valence-electron chi connectivity index (χ1n) is 9.32. The van der Waals surface area contributed by atoms with Crippen LogP contribution in [0.25, 0.3) is 10.9 Å². The Balaban J connectivity index is 1.52. The smallest absolute Gasteiger partial charge is 0.406 e. The number of ether oxygens (including phenoxy) is 1. The first-order chi connectivity index (χ1) is 14.7. The topological polar surface area (TPSA) is 68.1 Å². The van der Waals surface area contributed by atoms with Crippen molar-refractivity contribution in [2.24, 2.45) is 7.05 Å². The number of aryl methyl sites for hydroxylation is 2. The molecule has 0 fully saturated rings. The fourth-order valence-corrected chi connectivity index (χ4v) is 3.13. The largest absolute Gasteiger partial charge is 0.573 e. The van der Waals surface area contributed by atoms with Gasteiger partial charge >= 0.3 is 6.36 Å². The minimum absolute atomic E-state index is 0.299. The molecule has 0 saturated carbocycles. The fraction of sp³-hybridized carbons (Fsp3) is 0.190. The number of fused-ring (bicyclic) bond motifs is 1. The van der Waals surface area contributed by atoms with E-state index in [2.05, 4.69) is 25.1 Å². The van der Waals surface area contributed by atoms with Gasteiger partial charge in [0.15, 0.2) is 0 Å². The number of hydrogen-bond acceptors (Lipinski definition) is 6. The number of nitrogens with one attached hydrogen (secondary N) is 1. The summed E-state index contributed by atoms with van der Waals surface area (Å²) in [6.45, 7) is 2.02. The molecule has 0 aliphatic rings. The van der Waals surface area contributed by atoms with Crippen LogP contribution in [0.5, 0.6) is 5.75 Å². The first-order valence-corrected chi connectivity index (χ1v) is 9.32. The Morgan fingerprint density at radius 3 is 2.52 bits per heavy atom. The van der Waals surface area contributed by atoms with Gasteiger partial charge in [0.05, 0.1) is 5.52 Å². The van der Waals surface area contributed by atoms with Crippen LogP contribution in [0.1, 0.15) is 5.69 Å². The molecule has 2 heterocycles. The highest BCUT2D eigenvalue weighted by molar-refractivity contribution is 5.85. The predicted octanol–water partition coefficient (Wildman–Crippen LogP) is 5.08. The lowest BCUT2D eigenvalue weighted by atomic mass is 10.2. The number of anilines is 4. The monoisotopic (exact) mass is 428 g/mol. The number of benzene rings is 2. The van der Waals surface area contributed by atoms with Crippen LogP contribution < -0.4 is 15.0 Å². The fourth-order valence-electron chi connectivity index (χ4n) is 3.13. The second-order valence-electron chi connectivity index (χ2n) is 6.91. The van der Waals surface area contributed by atoms with E-state index in [1.165, 1.54) is 24.3 Å². The Bertz CT molecular complexity index is 1220. The lowest BCUT2D eigenvalue weighted by molar-refractivity contribution is -0.274. The third-order valence-electron chi connectivity index (χ3n) is 4.83. The number of halogens is 3. The minimum atomic E-state index is -4.73. The highest BCUT2D eigenvalue weighted by atomic mass is 19.4. The maximum atomic E-state index is 12.3. The summed E-state index contributed by atoms with van der Waals surface area (Å²) in [6.07, 6.45) is -3.13. The van der Waals surface area contributed by atoms with E-state index in [1.807, 2.05) is 48.8 Å². The summed E-state index contributed by atoms with van der Waals surface area (Å²) in [5.41, 5.74) is 3.41. The Labute approximate surface area is 176 Å². The quantitative estimate of drug-likeness (QED) is 0.478. The molecule has 0 unspecified atom stereocenters. The third-order valence-corrected chi connectivity index (χ3v) is 4.83. The molecule has 0 amide bonds. The molecule has 0 aliphatic carbocycles. The second-order valence-corrected chi connectivity index (χ2v) is 6.91. The predicted molar refractivity (Wildman–Crippen MR) is 112 cm³/mol. The van der Waals surface area contributed by atoms with Crippen molar-refractivity contribution in [1.82, 2.24) is 19.7 Å². The van der Waals surface area contributed by atoms with Gasteiger partial charge in [0, 0.05) is 42.7 Å². The van der Waals surface area contributed by atoms with Crippen molar-refractivity contribution < 1.29 is 17.9 Å². The van der Waals surface area contributed by atoms with E-state index in [-0.39, 0.29) is 5.75 Å². The van der Waals surface area contributed by atoms with E-state index in [0.717, 1.165) is 22.3 Å². The van der Waals surface area contributed by atoms with E-state index in [0.29, 0.717) is 17.5 Å². The van der Waals surface area contributed by atoms with Gasteiger partial charge in [-0.15, -0.1) is 13.2 Å². The van der Waals surface area contributed by atoms with Crippen molar-refractivity contribution in [1.29, 1.82) is 0 Å². The van der Waals surface area contributed by atoms with Crippen LogP contribution in [-0.4, -0.2) is 33.2 Å². The van der Waals surface area contributed by atoms with Gasteiger partial charge in [0.25, 0.3) is 0 Å². The normalized spacial score (nSPS) is 11.5. The summed E-state index contributed by atoms with van der Waals surface area (Å²) in [5.74, 6) is 0.651. The van der Waals surface area contributed by atoms with Crippen LogP contribution in [-0.2, 0) is 7.05 Å². The van der Waals surface area contributed by atoms with Gasteiger partial charge in [-0.25, -0.2) is 4.98 Å². The van der Waals surface area contributed by atoms with E-state index < -0.39 is 6.36 Å². The molecule has 0 saturated heterocycles. The lowest BCUT2D eigenvalue weighted by Gasteiger charge is -2.19. The van der Waals surface area contributed by atoms with Crippen molar-refractivity contribution in [3.63, 3.8) is 0 Å². The maximum absolute atomic E-state index is 12.3. The Morgan fingerprint density at radius 1 is 1.06 bits per heavy atom. The first kappa shape index (κ1) is 20.5. The maximum Gasteiger partial charge on any atom is 0.573 e. The number of alkyl halides is 3. The summed E-state index contributed by atoms with van der Waals surface area (Å²) in [7, 11) is 3.79. The molecule has 7 nitrogen and oxygen atoms in total. The molecule has 1 N–H and O–H groups in total. The number of rotatable bonds is 5. The molecule has 10 heteroatoms. The SMILES string of the molecule is Cc1c2ccc(N(C)c3ccnc(Nc4ccc(OC(F)(F)F)cc4)n3)cc2nn1C. The molecule has 0 aliphatic heterocycles. The van der Waals surface area contributed by atoms with Crippen LogP contribution in [0.3, 0.4) is 0 Å². The zero-order chi connectivity index (χ0) is 22.2. The van der Waals surface area contributed by atoms with Crippen LogP contribution >= 0.6 is 0 Å². The third kappa shape index (κ3) is 4.52. The average Bonchev–Trinajstić information content (AvgIpc) is 3.01. The molecule has 0 bridgehead atoms. The van der Waals surface area contributed by atoms with Gasteiger partial charge in [-0.3, -0.25) is 4.68 Å². The highest BCUT2D eigenvalue weighted by Gasteiger charge is 2.30. The molecule has 2 aromatic carbocycles. The van der Waals surface area contributed by atoms with E-state index in [4.69, 9.17) is 0 Å². The lowest BCUT2D eigenvalue weighted by Crippen LogP contribution is -2.17. The van der Waals surface area contributed by atoms with Gasteiger partial charge < -0.3 is 15.0 Å². The van der Waals surface area contributed by atoms with Gasteiger partial charge in [-0.05, 0) is 55.5 Å². The van der Waals surface area contributed by atoms with Crippen molar-refractivity contribution in [2.75, 3.05) is 17.3 Å². The summed E-state index contributed by atoms with van der Waals surface area (Å²) in [6, 6.07) is 13.1. The summed E-state index contributed by atoms with van der Waals surface area (Å²) >= 11 is 0. The molecule has 2 aromatic heterocycles. The summed E-state index contributed by atoms with van der Waals surface area (Å²) < 4.78 is 42.6. The van der Waals surface area contributed by atoms with E-state index in [9.17, 15) is 13.2 Å². The van der Waals surface area contributed by atoms with Crippen LogP contribution in [0.4, 0.5) is 36.3 Å². The minimum Gasteiger partial charge on any atom is -0.406 e. The van der Waals surface area contributed by atoms with Crippen LogP contribution in [0.2, 0.25) is 0 Å². The Kier molecular flexibility index (Phi) is 5.14. The number of aromatic nitrogens is 4. The van der Waals surface area contributed by atoms with Crippen LogP contribution in [0.15, 0.2) is 54.7 Å². The molecule has 0 atom stereocenters. The zero-order valence-corrected chi connectivity index (χ0v) is 17.0. The molecule has 0 radical (unpaired) electrons. The molecule has 160 valence electrons. The zero-order valence-electron chi connectivity index (χ0n) is 17.0. The van der Waals surface area contributed by atoms with Gasteiger partial charge in [-0.2, -0.15) is 10.1 Å². The standard InChI is InChI=1S/C21H19F3N6O/c1-13-17-9-6-15(12-18(17)28-30(13)3)29(2)19-10-11-25-20(27-19)26-14-4-7-16(8-5-14)31-21(22,23)24/h4-12H,1-3H3,(H,25,26,27). The van der Waals surface area contributed by atoms with Crippen molar-refractivity contribution in [3.05, 3.63) is 60.4 Å². The second kappa shape index (κ2) is 7.78. The number of hydrogen-bond donors (Lipinski definition) is 1. The summed E-state index contributed by atoms with van der Waals surface area (Å²) in [5, 5.41) is 8.58. The molecule has 0 spiro atoms. The van der Waals surface area contributed by atoms with Gasteiger partial charge in [0.2, 0.25) is 5.95 Å². The van der Waals surface area contributed by atoms with Crippen molar-refractivity contribution in [3.8, 4) is 5.75 Å². The molecule has 4 rings (SSSR count). The van der Waals surface area contributed by atoms with Crippen molar-refractivity contribution in [2.45, 2.75) is 13.3 Å². The van der Waals surface area contributed by atoms with Crippen molar-refractivity contribution >= 4 is 34.0 Å². The molecule has 31 heavy (non-hydrogen) atoms. The van der Waals surface area contributed by atoms with Gasteiger partial charge in [0.1, 0.15) is 11.6 Å². The Morgan fingerprint density at radius 2 is 1.81 bits per heavy atom. The van der Waals surface area contributed by atoms with E-state index >= 15 is 0 Å². The molecule has 4 aromatic rings. The molecular weight excluding hydrogens is 409 g/mol. The Hall–Kier alpha value is -3.82. The average molecular weight is 428 g/mol. The van der Waals surface area contributed by atoms with E-state index in [1.54, 1.807) is 12.3 Å². The summed E-state index contributed by atoms with van der Waals surface area (Å²) in [4.78, 5) is 10.6. The highest BCUT2D eigenvalue weighted by Crippen LogP contribution is 2.28.